The Hall–Kier alpha value is -2.43. The van der Waals surface area contributed by atoms with Gasteiger partial charge in [0, 0.05) is 11.8 Å². The first-order chi connectivity index (χ1) is 10.1. The molecule has 110 valence electrons. The fraction of sp³-hybridized carbons (Fsp3) is 0.188. The number of rotatable bonds is 5. The van der Waals surface area contributed by atoms with Crippen molar-refractivity contribution < 1.29 is 18.3 Å². The molecule has 3 nitrogen and oxygen atoms in total. The van der Waals surface area contributed by atoms with Crippen LogP contribution in [-0.2, 0) is 9.53 Å². The average Bonchev–Trinajstić information content (AvgIpc) is 2.45. The molecule has 1 unspecified atom stereocenters. The highest BCUT2D eigenvalue weighted by atomic mass is 19.1. The summed E-state index contributed by atoms with van der Waals surface area (Å²) in [5, 5.41) is 2.93. The van der Waals surface area contributed by atoms with Gasteiger partial charge in [0.05, 0.1) is 6.61 Å². The standard InChI is InChI=1S/C16H15F2NO2/c1-2-21-16(20)15(19-14-6-4-3-5-7-14)11-8-12(17)10-13(18)9-11/h3-10,15,19H,2H2,1H3. The van der Waals surface area contributed by atoms with Crippen molar-refractivity contribution in [3.05, 3.63) is 65.7 Å². The molecule has 0 saturated heterocycles. The predicted octanol–water partition coefficient (Wildman–Crippen LogP) is 3.68. The van der Waals surface area contributed by atoms with Gasteiger partial charge in [-0.05, 0) is 36.8 Å². The van der Waals surface area contributed by atoms with Gasteiger partial charge in [-0.3, -0.25) is 0 Å². The van der Waals surface area contributed by atoms with Crippen molar-refractivity contribution in [3.8, 4) is 0 Å². The van der Waals surface area contributed by atoms with Crippen LogP contribution in [-0.4, -0.2) is 12.6 Å². The van der Waals surface area contributed by atoms with E-state index in [2.05, 4.69) is 5.32 Å². The lowest BCUT2D eigenvalue weighted by atomic mass is 10.1. The van der Waals surface area contributed by atoms with Crippen molar-refractivity contribution in [3.63, 3.8) is 0 Å². The fourth-order valence-electron chi connectivity index (χ4n) is 1.95. The van der Waals surface area contributed by atoms with E-state index in [1.165, 1.54) is 0 Å². The molecule has 2 aromatic rings. The van der Waals surface area contributed by atoms with Crippen LogP contribution >= 0.6 is 0 Å². The van der Waals surface area contributed by atoms with Crippen LogP contribution in [0.4, 0.5) is 14.5 Å². The van der Waals surface area contributed by atoms with Gasteiger partial charge in [-0.15, -0.1) is 0 Å². The van der Waals surface area contributed by atoms with Gasteiger partial charge in [0.1, 0.15) is 11.6 Å². The molecule has 0 bridgehead atoms. The minimum absolute atomic E-state index is 0.176. The molecule has 0 amide bonds. The van der Waals surface area contributed by atoms with Crippen LogP contribution in [0, 0.1) is 11.6 Å². The summed E-state index contributed by atoms with van der Waals surface area (Å²) in [4.78, 5) is 12.0. The predicted molar refractivity (Wildman–Crippen MR) is 75.8 cm³/mol. The van der Waals surface area contributed by atoms with E-state index in [-0.39, 0.29) is 12.2 Å². The zero-order chi connectivity index (χ0) is 15.2. The quantitative estimate of drug-likeness (QED) is 0.854. The number of esters is 1. The number of para-hydroxylation sites is 1. The van der Waals surface area contributed by atoms with E-state index in [4.69, 9.17) is 4.74 Å². The fourth-order valence-corrected chi connectivity index (χ4v) is 1.95. The Morgan fingerprint density at radius 1 is 1.14 bits per heavy atom. The molecular weight excluding hydrogens is 276 g/mol. The molecule has 1 atom stereocenters. The van der Waals surface area contributed by atoms with E-state index < -0.39 is 23.6 Å². The summed E-state index contributed by atoms with van der Waals surface area (Å²) in [7, 11) is 0. The molecule has 0 aliphatic rings. The van der Waals surface area contributed by atoms with Gasteiger partial charge < -0.3 is 10.1 Å². The summed E-state index contributed by atoms with van der Waals surface area (Å²) >= 11 is 0. The molecule has 0 fully saturated rings. The lowest BCUT2D eigenvalue weighted by Crippen LogP contribution is -2.23. The highest BCUT2D eigenvalue weighted by Crippen LogP contribution is 2.22. The Labute approximate surface area is 121 Å². The third-order valence-corrected chi connectivity index (χ3v) is 2.83. The molecule has 0 spiro atoms. The lowest BCUT2D eigenvalue weighted by Gasteiger charge is -2.19. The molecule has 0 aliphatic heterocycles. The first-order valence-electron chi connectivity index (χ1n) is 6.54. The number of carbonyl (C=O) groups excluding carboxylic acids is 1. The van der Waals surface area contributed by atoms with E-state index >= 15 is 0 Å². The molecule has 0 heterocycles. The summed E-state index contributed by atoms with van der Waals surface area (Å²) in [6, 6.07) is 10.9. The normalized spacial score (nSPS) is 11.8. The van der Waals surface area contributed by atoms with E-state index in [1.807, 2.05) is 6.07 Å². The second kappa shape index (κ2) is 6.83. The van der Waals surface area contributed by atoms with Crippen LogP contribution < -0.4 is 5.32 Å². The molecule has 2 rings (SSSR count). The molecule has 0 radical (unpaired) electrons. The Balaban J connectivity index is 2.33. The summed E-state index contributed by atoms with van der Waals surface area (Å²) in [6.45, 7) is 1.85. The van der Waals surface area contributed by atoms with E-state index in [0.29, 0.717) is 5.69 Å². The molecule has 1 N–H and O–H groups in total. The van der Waals surface area contributed by atoms with Crippen LogP contribution in [0.25, 0.3) is 0 Å². The number of ether oxygens (including phenoxy) is 1. The van der Waals surface area contributed by atoms with Crippen molar-refractivity contribution >= 4 is 11.7 Å². The number of anilines is 1. The Kier molecular flexibility index (Phi) is 4.87. The maximum Gasteiger partial charge on any atom is 0.333 e. The molecule has 5 heteroatoms. The van der Waals surface area contributed by atoms with Crippen molar-refractivity contribution in [1.82, 2.24) is 0 Å². The maximum atomic E-state index is 13.4. The van der Waals surface area contributed by atoms with Crippen molar-refractivity contribution in [2.45, 2.75) is 13.0 Å². The monoisotopic (exact) mass is 291 g/mol. The molecule has 0 aromatic heterocycles. The minimum atomic E-state index is -0.974. The Morgan fingerprint density at radius 2 is 1.76 bits per heavy atom. The van der Waals surface area contributed by atoms with Crippen molar-refractivity contribution in [2.75, 3.05) is 11.9 Å². The van der Waals surface area contributed by atoms with Crippen LogP contribution in [0.3, 0.4) is 0 Å². The second-order valence-corrected chi connectivity index (χ2v) is 4.40. The average molecular weight is 291 g/mol. The zero-order valence-corrected chi connectivity index (χ0v) is 11.5. The Morgan fingerprint density at radius 3 is 2.33 bits per heavy atom. The largest absolute Gasteiger partial charge is 0.464 e. The van der Waals surface area contributed by atoms with Crippen LogP contribution in [0.1, 0.15) is 18.5 Å². The number of hydrogen-bond donors (Lipinski definition) is 1. The zero-order valence-electron chi connectivity index (χ0n) is 11.5. The number of halogens is 2. The van der Waals surface area contributed by atoms with Gasteiger partial charge in [-0.1, -0.05) is 18.2 Å². The number of benzene rings is 2. The topological polar surface area (TPSA) is 38.3 Å². The summed E-state index contributed by atoms with van der Waals surface area (Å²) < 4.78 is 31.7. The van der Waals surface area contributed by atoms with Crippen molar-refractivity contribution in [2.24, 2.45) is 0 Å². The molecular formula is C16H15F2NO2. The van der Waals surface area contributed by atoms with Gasteiger partial charge in [-0.2, -0.15) is 0 Å². The van der Waals surface area contributed by atoms with E-state index in [0.717, 1.165) is 18.2 Å². The summed E-state index contributed by atoms with van der Waals surface area (Å²) in [5.41, 5.74) is 0.829. The van der Waals surface area contributed by atoms with Gasteiger partial charge in [0.2, 0.25) is 0 Å². The van der Waals surface area contributed by atoms with Gasteiger partial charge in [0.25, 0.3) is 0 Å². The van der Waals surface area contributed by atoms with E-state index in [9.17, 15) is 13.6 Å². The lowest BCUT2D eigenvalue weighted by molar-refractivity contribution is -0.144. The van der Waals surface area contributed by atoms with Gasteiger partial charge in [-0.25, -0.2) is 13.6 Å². The highest BCUT2D eigenvalue weighted by Gasteiger charge is 2.23. The second-order valence-electron chi connectivity index (χ2n) is 4.40. The number of hydrogen-bond acceptors (Lipinski definition) is 3. The molecule has 0 saturated carbocycles. The summed E-state index contributed by atoms with van der Waals surface area (Å²) in [6.07, 6.45) is 0. The van der Waals surface area contributed by atoms with Crippen molar-refractivity contribution in [1.29, 1.82) is 0 Å². The summed E-state index contributed by atoms with van der Waals surface area (Å²) in [5.74, 6) is -2.07. The van der Waals surface area contributed by atoms with Gasteiger partial charge in [0.15, 0.2) is 6.04 Å². The molecule has 0 aliphatic carbocycles. The number of nitrogens with one attached hydrogen (secondary N) is 1. The van der Waals surface area contributed by atoms with E-state index in [1.54, 1.807) is 31.2 Å². The van der Waals surface area contributed by atoms with Crippen LogP contribution in [0.15, 0.2) is 48.5 Å². The Bertz CT molecular complexity index is 597. The van der Waals surface area contributed by atoms with Gasteiger partial charge >= 0.3 is 5.97 Å². The minimum Gasteiger partial charge on any atom is -0.464 e. The van der Waals surface area contributed by atoms with Crippen LogP contribution in [0.5, 0.6) is 0 Å². The molecule has 21 heavy (non-hydrogen) atoms. The first kappa shape index (κ1) is 15.0. The van der Waals surface area contributed by atoms with Crippen LogP contribution in [0.2, 0.25) is 0 Å². The highest BCUT2D eigenvalue weighted by molar-refractivity contribution is 5.81. The third kappa shape index (κ3) is 4.02. The third-order valence-electron chi connectivity index (χ3n) is 2.83. The molecule has 2 aromatic carbocycles. The first-order valence-corrected chi connectivity index (χ1v) is 6.54. The number of carbonyl (C=O) groups is 1. The SMILES string of the molecule is CCOC(=O)C(Nc1ccccc1)c1cc(F)cc(F)c1. The maximum absolute atomic E-state index is 13.4. The smallest absolute Gasteiger partial charge is 0.333 e.